The van der Waals surface area contributed by atoms with Crippen LogP contribution in [0, 0.1) is 17.8 Å². The highest BCUT2D eigenvalue weighted by Crippen LogP contribution is 2.49. The Hall–Kier alpha value is -1.77. The van der Waals surface area contributed by atoms with Gasteiger partial charge in [0.1, 0.15) is 30.7 Å². The maximum absolute atomic E-state index is 9.92. The minimum atomic E-state index is -0.783. The summed E-state index contributed by atoms with van der Waals surface area (Å²) in [7, 11) is 0. The standard InChI is InChI=1S/C32H46ClN5O8S/c1-4-9-40-10-11-41-12-13-42-14-15-43-16-17-47-22-5-7-32(8-6-22)20-37(21-32)27-23-18-34-38(28(23)36-30(33)35-27)29-26-25(24(19-39)44-29)45-31(2,3)46-26/h1,18,22,24-26,29,39H,5-17,19-21H2,2-3H3/t24-,25-,26-,29-/m1/s1. The zero-order valence-corrected chi connectivity index (χ0v) is 28.8. The topological polar surface area (TPSA) is 132 Å². The maximum Gasteiger partial charge on any atom is 0.226 e. The largest absolute Gasteiger partial charge is 0.394 e. The molecule has 4 aliphatic rings. The highest BCUT2D eigenvalue weighted by Gasteiger charge is 2.56. The van der Waals surface area contributed by atoms with E-state index in [0.717, 1.165) is 36.7 Å². The number of hydrogen-bond acceptors (Lipinski definition) is 13. The number of nitrogens with zero attached hydrogens (tertiary/aromatic N) is 5. The number of ether oxygens (including phenoxy) is 7. The van der Waals surface area contributed by atoms with Crippen LogP contribution in [0.3, 0.4) is 0 Å². The zero-order chi connectivity index (χ0) is 32.9. The van der Waals surface area contributed by atoms with E-state index >= 15 is 0 Å². The zero-order valence-electron chi connectivity index (χ0n) is 27.2. The van der Waals surface area contributed by atoms with E-state index in [4.69, 9.17) is 51.2 Å². The van der Waals surface area contributed by atoms with Gasteiger partial charge < -0.3 is 43.2 Å². The average molecular weight is 696 g/mol. The van der Waals surface area contributed by atoms with Gasteiger partial charge in [0, 0.05) is 29.5 Å². The minimum absolute atomic E-state index is 0.161. The van der Waals surface area contributed by atoms with Crippen molar-refractivity contribution in [3.05, 3.63) is 11.5 Å². The second-order valence-electron chi connectivity index (χ2n) is 13.0. The Bertz CT molecular complexity index is 1360. The maximum atomic E-state index is 9.92. The second-order valence-corrected chi connectivity index (χ2v) is 14.7. The quantitative estimate of drug-likeness (QED) is 0.148. The number of anilines is 1. The third-order valence-electron chi connectivity index (χ3n) is 9.18. The highest BCUT2D eigenvalue weighted by atomic mass is 35.5. The molecule has 0 aromatic carbocycles. The molecule has 5 heterocycles. The van der Waals surface area contributed by atoms with Crippen molar-refractivity contribution in [3.8, 4) is 12.3 Å². The van der Waals surface area contributed by atoms with Gasteiger partial charge in [0.05, 0.1) is 64.4 Å². The van der Waals surface area contributed by atoms with Crippen molar-refractivity contribution in [1.29, 1.82) is 0 Å². The molecule has 3 aliphatic heterocycles. The van der Waals surface area contributed by atoms with Crippen molar-refractivity contribution in [2.45, 2.75) is 75.1 Å². The number of rotatable bonds is 17. The molecule has 4 fully saturated rings. The van der Waals surface area contributed by atoms with Crippen molar-refractivity contribution in [3.63, 3.8) is 0 Å². The predicted molar refractivity (Wildman–Crippen MR) is 177 cm³/mol. The molecule has 1 saturated carbocycles. The second kappa shape index (κ2) is 15.8. The number of thioether (sulfide) groups is 1. The lowest BCUT2D eigenvalue weighted by atomic mass is 9.68. The number of hydrogen-bond donors (Lipinski definition) is 1. The number of terminal acetylenes is 1. The first-order valence-corrected chi connectivity index (χ1v) is 17.9. The molecule has 260 valence electrons. The molecule has 1 spiro atoms. The fourth-order valence-corrected chi connectivity index (χ4v) is 8.26. The van der Waals surface area contributed by atoms with Gasteiger partial charge in [0.2, 0.25) is 5.28 Å². The average Bonchev–Trinajstić information content (AvgIpc) is 3.70. The number of fused-ring (bicyclic) bond motifs is 2. The molecule has 4 atom stereocenters. The summed E-state index contributed by atoms with van der Waals surface area (Å²) in [6.45, 7) is 9.70. The molecule has 0 radical (unpaired) electrons. The molecule has 2 aromatic rings. The van der Waals surface area contributed by atoms with E-state index in [2.05, 4.69) is 25.9 Å². The molecule has 6 rings (SSSR count). The molecule has 13 nitrogen and oxygen atoms in total. The third-order valence-corrected chi connectivity index (χ3v) is 10.7. The predicted octanol–water partition coefficient (Wildman–Crippen LogP) is 3.07. The van der Waals surface area contributed by atoms with Gasteiger partial charge in [-0.25, -0.2) is 4.68 Å². The molecule has 3 saturated heterocycles. The lowest BCUT2D eigenvalue weighted by Crippen LogP contribution is -2.58. The van der Waals surface area contributed by atoms with Crippen molar-refractivity contribution < 1.29 is 38.3 Å². The van der Waals surface area contributed by atoms with Crippen molar-refractivity contribution >= 4 is 40.2 Å². The summed E-state index contributed by atoms with van der Waals surface area (Å²) in [6.07, 6.45) is 9.74. The summed E-state index contributed by atoms with van der Waals surface area (Å²) >= 11 is 8.49. The summed E-state index contributed by atoms with van der Waals surface area (Å²) < 4.78 is 41.9. The van der Waals surface area contributed by atoms with Crippen LogP contribution in [0.25, 0.3) is 11.0 Å². The van der Waals surface area contributed by atoms with Crippen LogP contribution < -0.4 is 4.90 Å². The number of halogens is 1. The number of aliphatic hydroxyl groups is 1. The third kappa shape index (κ3) is 8.34. The summed E-state index contributed by atoms with van der Waals surface area (Å²) in [6, 6.07) is 0. The van der Waals surface area contributed by atoms with E-state index in [1.165, 1.54) is 25.7 Å². The summed E-state index contributed by atoms with van der Waals surface area (Å²) in [5.41, 5.74) is 0.887. The van der Waals surface area contributed by atoms with Crippen LogP contribution in [-0.4, -0.2) is 133 Å². The van der Waals surface area contributed by atoms with Crippen LogP contribution in [0.5, 0.6) is 0 Å². The van der Waals surface area contributed by atoms with Crippen LogP contribution in [0.4, 0.5) is 5.82 Å². The Labute approximate surface area is 285 Å². The monoisotopic (exact) mass is 695 g/mol. The molecule has 47 heavy (non-hydrogen) atoms. The molecular formula is C32H46ClN5O8S. The van der Waals surface area contributed by atoms with Crippen LogP contribution in [0.15, 0.2) is 6.20 Å². The first-order valence-electron chi connectivity index (χ1n) is 16.5. The normalized spacial score (nSPS) is 26.6. The molecule has 15 heteroatoms. The fourth-order valence-electron chi connectivity index (χ4n) is 6.98. The number of aliphatic hydroxyl groups excluding tert-OH is 1. The minimum Gasteiger partial charge on any atom is -0.394 e. The Kier molecular flexibility index (Phi) is 11.8. The van der Waals surface area contributed by atoms with Crippen LogP contribution in [0.1, 0.15) is 45.8 Å². The van der Waals surface area contributed by atoms with Crippen molar-refractivity contribution in [2.75, 3.05) is 83.2 Å². The van der Waals surface area contributed by atoms with Gasteiger partial charge in [0.15, 0.2) is 17.7 Å². The first kappa shape index (κ1) is 35.1. The summed E-state index contributed by atoms with van der Waals surface area (Å²) in [4.78, 5) is 11.4. The smallest absolute Gasteiger partial charge is 0.226 e. The molecule has 0 bridgehead atoms. The van der Waals surface area contributed by atoms with Crippen molar-refractivity contribution in [1.82, 2.24) is 19.7 Å². The van der Waals surface area contributed by atoms with E-state index in [0.29, 0.717) is 62.6 Å². The molecular weight excluding hydrogens is 650 g/mol. The fraction of sp³-hybridized carbons (Fsp3) is 0.781. The molecule has 1 aliphatic carbocycles. The van der Waals surface area contributed by atoms with Crippen LogP contribution in [0.2, 0.25) is 5.28 Å². The summed E-state index contributed by atoms with van der Waals surface area (Å²) in [5, 5.41) is 16.2. The molecule has 1 N–H and O–H groups in total. The van der Waals surface area contributed by atoms with Gasteiger partial charge in [-0.3, -0.25) is 0 Å². The van der Waals surface area contributed by atoms with Gasteiger partial charge >= 0.3 is 0 Å². The van der Waals surface area contributed by atoms with Gasteiger partial charge in [0.25, 0.3) is 0 Å². The Morgan fingerprint density at radius 2 is 1.66 bits per heavy atom. The van der Waals surface area contributed by atoms with Gasteiger partial charge in [-0.05, 0) is 51.1 Å². The van der Waals surface area contributed by atoms with E-state index in [1.54, 1.807) is 10.9 Å². The molecule has 0 amide bonds. The first-order chi connectivity index (χ1) is 22.8. The van der Waals surface area contributed by atoms with E-state index < -0.39 is 30.3 Å². The lowest BCUT2D eigenvalue weighted by molar-refractivity contribution is -0.201. The molecule has 0 unspecified atom stereocenters. The van der Waals surface area contributed by atoms with E-state index in [9.17, 15) is 5.11 Å². The lowest BCUT2D eigenvalue weighted by Gasteiger charge is -2.54. The van der Waals surface area contributed by atoms with Crippen LogP contribution >= 0.6 is 23.4 Å². The van der Waals surface area contributed by atoms with Gasteiger partial charge in [-0.2, -0.15) is 26.8 Å². The summed E-state index contributed by atoms with van der Waals surface area (Å²) in [5.74, 6) is 3.43. The SMILES string of the molecule is C#CCOCCOCCOCCOCCSC1CCC2(CC1)CN(c1nc(Cl)nc3c1cnn3[C@@H]1O[C@H](CO)[C@H]3OC(C)(C)O[C@H]31)C2. The van der Waals surface area contributed by atoms with Crippen LogP contribution in [-0.2, 0) is 33.2 Å². The molecule has 2 aromatic heterocycles. The van der Waals surface area contributed by atoms with Crippen molar-refractivity contribution in [2.24, 2.45) is 5.41 Å². The van der Waals surface area contributed by atoms with Gasteiger partial charge in [-0.15, -0.1) is 6.42 Å². The Morgan fingerprint density at radius 1 is 1.00 bits per heavy atom. The Morgan fingerprint density at radius 3 is 2.34 bits per heavy atom. The highest BCUT2D eigenvalue weighted by molar-refractivity contribution is 7.99. The number of aromatic nitrogens is 4. The van der Waals surface area contributed by atoms with E-state index in [-0.39, 0.29) is 11.9 Å². The Balaban J connectivity index is 0.908. The van der Waals surface area contributed by atoms with E-state index in [1.807, 2.05) is 25.6 Å². The van der Waals surface area contributed by atoms with Gasteiger partial charge in [-0.1, -0.05) is 5.92 Å².